The first kappa shape index (κ1) is 17.2. The van der Waals surface area contributed by atoms with E-state index in [0.29, 0.717) is 12.0 Å². The quantitative estimate of drug-likeness (QED) is 0.841. The largest absolute Gasteiger partial charge is 0.345 e. The zero-order chi connectivity index (χ0) is 15.3. The van der Waals surface area contributed by atoms with Gasteiger partial charge in [0.25, 0.3) is 0 Å². The second-order valence-corrected chi connectivity index (χ2v) is 7.19. The number of hydrogen-bond donors (Lipinski definition) is 1. The summed E-state index contributed by atoms with van der Waals surface area (Å²) in [6, 6.07) is -0.356. The highest BCUT2D eigenvalue weighted by molar-refractivity contribution is 5.88. The number of Topliss-reactive ketones (excluding diaryl/α,β-unsaturated/α-hetero) is 1. The molecule has 4 nitrogen and oxygen atoms in total. The molecule has 0 saturated carbocycles. The van der Waals surface area contributed by atoms with E-state index in [2.05, 4.69) is 24.1 Å². The molecule has 1 saturated heterocycles. The van der Waals surface area contributed by atoms with Crippen LogP contribution in [-0.4, -0.2) is 42.3 Å². The maximum Gasteiger partial charge on any atom is 0.234 e. The lowest BCUT2D eigenvalue weighted by Gasteiger charge is -2.24. The molecule has 0 radical (unpaired) electrons. The summed E-state index contributed by atoms with van der Waals surface area (Å²) in [6.07, 6.45) is 3.48. The van der Waals surface area contributed by atoms with Crippen LogP contribution in [-0.2, 0) is 9.59 Å². The molecule has 0 aliphatic carbocycles. The average molecular weight is 282 g/mol. The number of hydrogen-bond acceptors (Lipinski definition) is 3. The third kappa shape index (κ3) is 5.61. The maximum atomic E-state index is 12.1. The van der Waals surface area contributed by atoms with E-state index in [0.717, 1.165) is 25.9 Å². The Morgan fingerprint density at radius 3 is 2.40 bits per heavy atom. The minimum atomic E-state index is -0.356. The van der Waals surface area contributed by atoms with Gasteiger partial charge in [0.15, 0.2) is 5.78 Å². The lowest BCUT2D eigenvalue weighted by molar-refractivity contribution is -0.128. The van der Waals surface area contributed by atoms with Gasteiger partial charge in [-0.05, 0) is 50.6 Å². The van der Waals surface area contributed by atoms with Crippen molar-refractivity contribution >= 4 is 11.7 Å². The summed E-state index contributed by atoms with van der Waals surface area (Å²) >= 11 is 0. The Bertz CT molecular complexity index is 350. The van der Waals surface area contributed by atoms with Crippen molar-refractivity contribution in [2.75, 3.05) is 19.6 Å². The first-order valence-corrected chi connectivity index (χ1v) is 7.73. The second-order valence-electron chi connectivity index (χ2n) is 7.19. The van der Waals surface area contributed by atoms with Crippen LogP contribution in [0.15, 0.2) is 0 Å². The van der Waals surface area contributed by atoms with Crippen LogP contribution in [0.4, 0.5) is 0 Å². The average Bonchev–Trinajstić information content (AvgIpc) is 2.47. The lowest BCUT2D eigenvalue weighted by Crippen LogP contribution is -2.47. The fraction of sp³-hybridized carbons (Fsp3) is 0.875. The topological polar surface area (TPSA) is 49.4 Å². The molecule has 1 aliphatic heterocycles. The summed E-state index contributed by atoms with van der Waals surface area (Å²) in [5.41, 5.74) is 0.380. The Balaban J connectivity index is 2.47. The molecule has 1 heterocycles. The predicted molar refractivity (Wildman–Crippen MR) is 81.5 cm³/mol. The molecule has 0 bridgehead atoms. The van der Waals surface area contributed by atoms with Crippen molar-refractivity contribution in [1.82, 2.24) is 10.2 Å². The van der Waals surface area contributed by atoms with Crippen LogP contribution < -0.4 is 5.32 Å². The standard InChI is InChI=1S/C16H30N2O2/c1-12(2)15(13(3)19)17-14(20)11-18-9-6-7-16(4,5)8-10-18/h12,15H,6-11H2,1-5H3,(H,17,20). The van der Waals surface area contributed by atoms with E-state index in [-0.39, 0.29) is 23.7 Å². The van der Waals surface area contributed by atoms with Crippen LogP contribution in [0.2, 0.25) is 0 Å². The van der Waals surface area contributed by atoms with Crippen LogP contribution in [0.1, 0.15) is 53.9 Å². The molecule has 0 aromatic carbocycles. The van der Waals surface area contributed by atoms with E-state index in [1.807, 2.05) is 13.8 Å². The fourth-order valence-electron chi connectivity index (χ4n) is 2.80. The second kappa shape index (κ2) is 7.21. The molecule has 0 aromatic rings. The molecule has 1 fully saturated rings. The van der Waals surface area contributed by atoms with Gasteiger partial charge in [0.2, 0.25) is 5.91 Å². The highest BCUT2D eigenvalue weighted by Crippen LogP contribution is 2.29. The first-order chi connectivity index (χ1) is 9.21. The number of nitrogens with zero attached hydrogens (tertiary/aromatic N) is 1. The molecule has 4 heteroatoms. The fourth-order valence-corrected chi connectivity index (χ4v) is 2.80. The zero-order valence-electron chi connectivity index (χ0n) is 13.7. The summed E-state index contributed by atoms with van der Waals surface area (Å²) in [5, 5.41) is 2.87. The van der Waals surface area contributed by atoms with Crippen molar-refractivity contribution in [3.05, 3.63) is 0 Å². The number of carbonyl (C=O) groups excluding carboxylic acids is 2. The molecule has 1 aliphatic rings. The van der Waals surface area contributed by atoms with Crippen molar-refractivity contribution in [2.45, 2.75) is 59.9 Å². The van der Waals surface area contributed by atoms with Gasteiger partial charge in [0, 0.05) is 0 Å². The van der Waals surface area contributed by atoms with E-state index in [1.165, 1.54) is 6.42 Å². The van der Waals surface area contributed by atoms with Crippen LogP contribution in [0, 0.1) is 11.3 Å². The van der Waals surface area contributed by atoms with Gasteiger partial charge in [-0.15, -0.1) is 0 Å². The Morgan fingerprint density at radius 1 is 1.20 bits per heavy atom. The van der Waals surface area contributed by atoms with Gasteiger partial charge < -0.3 is 5.32 Å². The highest BCUT2D eigenvalue weighted by Gasteiger charge is 2.25. The number of likely N-dealkylation sites (tertiary alicyclic amines) is 1. The zero-order valence-corrected chi connectivity index (χ0v) is 13.7. The van der Waals surface area contributed by atoms with Crippen molar-refractivity contribution in [3.8, 4) is 0 Å². The number of ketones is 1. The predicted octanol–water partition coefficient (Wildman–Crippen LogP) is 2.23. The molecule has 1 N–H and O–H groups in total. The SMILES string of the molecule is CC(=O)C(NC(=O)CN1CCCC(C)(C)CC1)C(C)C. The van der Waals surface area contributed by atoms with Gasteiger partial charge in [-0.25, -0.2) is 0 Å². The van der Waals surface area contributed by atoms with Gasteiger partial charge in [0.1, 0.15) is 0 Å². The third-order valence-corrected chi connectivity index (χ3v) is 4.22. The Labute approximate surface area is 123 Å². The highest BCUT2D eigenvalue weighted by atomic mass is 16.2. The first-order valence-electron chi connectivity index (χ1n) is 7.73. The monoisotopic (exact) mass is 282 g/mol. The molecular formula is C16H30N2O2. The minimum Gasteiger partial charge on any atom is -0.345 e. The summed E-state index contributed by atoms with van der Waals surface area (Å²) in [7, 11) is 0. The van der Waals surface area contributed by atoms with Crippen LogP contribution in [0.5, 0.6) is 0 Å². The molecule has 20 heavy (non-hydrogen) atoms. The molecule has 1 rings (SSSR count). The summed E-state index contributed by atoms with van der Waals surface area (Å²) < 4.78 is 0. The van der Waals surface area contributed by atoms with Gasteiger partial charge in [-0.3, -0.25) is 14.5 Å². The Kier molecular flexibility index (Phi) is 6.18. The number of amides is 1. The molecule has 116 valence electrons. The van der Waals surface area contributed by atoms with Crippen LogP contribution >= 0.6 is 0 Å². The maximum absolute atomic E-state index is 12.1. The molecule has 1 unspecified atom stereocenters. The van der Waals surface area contributed by atoms with Gasteiger partial charge in [-0.1, -0.05) is 27.7 Å². The smallest absolute Gasteiger partial charge is 0.234 e. The van der Waals surface area contributed by atoms with Crippen molar-refractivity contribution < 1.29 is 9.59 Å². The van der Waals surface area contributed by atoms with Gasteiger partial charge in [0.05, 0.1) is 12.6 Å². The molecule has 0 aromatic heterocycles. The summed E-state index contributed by atoms with van der Waals surface area (Å²) in [6.45, 7) is 12.4. The van der Waals surface area contributed by atoms with E-state index in [4.69, 9.17) is 0 Å². The number of rotatable bonds is 5. The van der Waals surface area contributed by atoms with Crippen molar-refractivity contribution in [3.63, 3.8) is 0 Å². The Morgan fingerprint density at radius 2 is 1.85 bits per heavy atom. The van der Waals surface area contributed by atoms with Crippen molar-refractivity contribution in [2.24, 2.45) is 11.3 Å². The van der Waals surface area contributed by atoms with Gasteiger partial charge >= 0.3 is 0 Å². The molecule has 1 atom stereocenters. The number of carbonyl (C=O) groups is 2. The van der Waals surface area contributed by atoms with Crippen LogP contribution in [0.25, 0.3) is 0 Å². The van der Waals surface area contributed by atoms with E-state index >= 15 is 0 Å². The van der Waals surface area contributed by atoms with Gasteiger partial charge in [-0.2, -0.15) is 0 Å². The van der Waals surface area contributed by atoms with E-state index in [1.54, 1.807) is 6.92 Å². The third-order valence-electron chi connectivity index (χ3n) is 4.22. The number of nitrogens with one attached hydrogen (secondary N) is 1. The molecule has 1 amide bonds. The summed E-state index contributed by atoms with van der Waals surface area (Å²) in [5.74, 6) is 0.142. The normalized spacial score (nSPS) is 21.3. The minimum absolute atomic E-state index is 0.0291. The van der Waals surface area contributed by atoms with E-state index < -0.39 is 0 Å². The van der Waals surface area contributed by atoms with E-state index in [9.17, 15) is 9.59 Å². The molecular weight excluding hydrogens is 252 g/mol. The lowest BCUT2D eigenvalue weighted by atomic mass is 9.85. The Hall–Kier alpha value is -0.900. The van der Waals surface area contributed by atoms with Crippen LogP contribution in [0.3, 0.4) is 0 Å². The molecule has 0 spiro atoms. The van der Waals surface area contributed by atoms with Crippen molar-refractivity contribution in [1.29, 1.82) is 0 Å². The summed E-state index contributed by atoms with van der Waals surface area (Å²) in [4.78, 5) is 25.8.